The lowest BCUT2D eigenvalue weighted by atomic mass is 10.2. The Morgan fingerprint density at radius 2 is 2.12 bits per heavy atom. The number of rotatable bonds is 3. The van der Waals surface area contributed by atoms with E-state index in [-0.39, 0.29) is 6.61 Å². The van der Waals surface area contributed by atoms with Crippen molar-refractivity contribution in [3.05, 3.63) is 21.0 Å². The monoisotopic (exact) mass is 348 g/mol. The van der Waals surface area contributed by atoms with Crippen LogP contribution in [0.5, 0.6) is 0 Å². The Labute approximate surface area is 109 Å². The molecule has 5 nitrogen and oxygen atoms in total. The summed E-state index contributed by atoms with van der Waals surface area (Å²) in [6.45, 7) is 0.151. The molecular weight excluding hydrogens is 340 g/mol. The molecule has 2 rings (SSSR count). The maximum Gasteiger partial charge on any atom is 0.152 e. The lowest BCUT2D eigenvalue weighted by molar-refractivity contribution is 0.287. The summed E-state index contributed by atoms with van der Waals surface area (Å²) < 4.78 is 3.50. The van der Waals surface area contributed by atoms with Gasteiger partial charge in [0.25, 0.3) is 0 Å². The maximum atomic E-state index is 8.86. The number of fused-ring (bicyclic) bond motifs is 1. The van der Waals surface area contributed by atoms with Gasteiger partial charge in [-0.1, -0.05) is 0 Å². The fraction of sp³-hybridized carbons (Fsp3) is 0.333. The van der Waals surface area contributed by atoms with Crippen LogP contribution < -0.4 is 5.73 Å². The number of anilines is 1. The van der Waals surface area contributed by atoms with Crippen LogP contribution in [0.15, 0.2) is 15.3 Å². The molecule has 2 aromatic rings. The van der Waals surface area contributed by atoms with Gasteiger partial charge in [-0.2, -0.15) is 5.10 Å². The second-order valence-corrected chi connectivity index (χ2v) is 4.89. The highest BCUT2D eigenvalue weighted by Gasteiger charge is 2.17. The molecule has 0 aromatic carbocycles. The lowest BCUT2D eigenvalue weighted by Gasteiger charge is -2.01. The molecule has 0 aliphatic heterocycles. The Hall–Kier alpha value is -0.660. The largest absolute Gasteiger partial charge is 0.396 e. The van der Waals surface area contributed by atoms with E-state index in [0.29, 0.717) is 12.2 Å². The summed E-state index contributed by atoms with van der Waals surface area (Å²) >= 11 is 6.94. The van der Waals surface area contributed by atoms with Crippen LogP contribution in [-0.4, -0.2) is 26.3 Å². The Bertz CT molecular complexity index is 526. The van der Waals surface area contributed by atoms with E-state index >= 15 is 0 Å². The maximum absolute atomic E-state index is 8.86. The van der Waals surface area contributed by atoms with Crippen molar-refractivity contribution in [1.82, 2.24) is 14.6 Å². The summed E-state index contributed by atoms with van der Waals surface area (Å²) in [5.74, 6) is 0.429. The van der Waals surface area contributed by atoms with Crippen molar-refractivity contribution in [2.24, 2.45) is 0 Å². The Morgan fingerprint density at radius 1 is 1.38 bits per heavy atom. The summed E-state index contributed by atoms with van der Waals surface area (Å²) in [5.41, 5.74) is 7.52. The fourth-order valence-electron chi connectivity index (χ4n) is 1.56. The van der Waals surface area contributed by atoms with Crippen molar-refractivity contribution in [2.45, 2.75) is 12.8 Å². The molecule has 86 valence electrons. The summed E-state index contributed by atoms with van der Waals surface area (Å²) in [5, 5.41) is 13.0. The predicted octanol–water partition coefficient (Wildman–Crippen LogP) is 1.76. The molecule has 7 heteroatoms. The van der Waals surface area contributed by atoms with Crippen molar-refractivity contribution >= 4 is 43.2 Å². The number of halogens is 2. The smallest absolute Gasteiger partial charge is 0.152 e. The van der Waals surface area contributed by atoms with Crippen molar-refractivity contribution in [2.75, 3.05) is 12.3 Å². The number of aliphatic hydroxyl groups excluding tert-OH is 1. The first-order chi connectivity index (χ1) is 7.66. The lowest BCUT2D eigenvalue weighted by Crippen LogP contribution is -2.03. The minimum atomic E-state index is 0.151. The van der Waals surface area contributed by atoms with Crippen molar-refractivity contribution in [3.63, 3.8) is 0 Å². The third kappa shape index (κ3) is 1.83. The first-order valence-corrected chi connectivity index (χ1v) is 6.31. The summed E-state index contributed by atoms with van der Waals surface area (Å²) in [4.78, 5) is 3.95. The zero-order chi connectivity index (χ0) is 11.7. The minimum absolute atomic E-state index is 0.151. The van der Waals surface area contributed by atoms with Crippen LogP contribution >= 0.6 is 31.9 Å². The van der Waals surface area contributed by atoms with E-state index in [1.807, 2.05) is 0 Å². The molecule has 16 heavy (non-hydrogen) atoms. The van der Waals surface area contributed by atoms with Crippen molar-refractivity contribution < 1.29 is 5.11 Å². The highest BCUT2D eigenvalue weighted by Crippen LogP contribution is 2.35. The molecule has 2 heterocycles. The standard InChI is InChI=1S/C9H10Br2N4O/c10-6-5(2-1-3-16)15-8(7(6)11)9(12)13-4-14-15/h4,16H,1-3H2,(H2,12,13,14). The number of aryl methyl sites for hydroxylation is 1. The molecular formula is C9H10Br2N4O. The van der Waals surface area contributed by atoms with E-state index in [2.05, 4.69) is 41.9 Å². The molecule has 2 aromatic heterocycles. The molecule has 3 N–H and O–H groups in total. The summed E-state index contributed by atoms with van der Waals surface area (Å²) in [6.07, 6.45) is 2.82. The zero-order valence-corrected chi connectivity index (χ0v) is 11.5. The van der Waals surface area contributed by atoms with E-state index in [1.165, 1.54) is 6.33 Å². The van der Waals surface area contributed by atoms with E-state index in [9.17, 15) is 0 Å². The van der Waals surface area contributed by atoms with Crippen LogP contribution in [0.25, 0.3) is 5.52 Å². The quantitative estimate of drug-likeness (QED) is 0.885. The highest BCUT2D eigenvalue weighted by atomic mass is 79.9. The first-order valence-electron chi connectivity index (χ1n) is 4.72. The van der Waals surface area contributed by atoms with Gasteiger partial charge in [-0.3, -0.25) is 0 Å². The summed E-state index contributed by atoms with van der Waals surface area (Å²) in [6, 6.07) is 0. The number of nitrogens with zero attached hydrogens (tertiary/aromatic N) is 3. The van der Waals surface area contributed by atoms with Crippen molar-refractivity contribution in [3.8, 4) is 0 Å². The average Bonchev–Trinajstić information content (AvgIpc) is 2.51. The zero-order valence-electron chi connectivity index (χ0n) is 8.32. The SMILES string of the molecule is Nc1ncnn2c(CCCO)c(Br)c(Br)c12. The van der Waals surface area contributed by atoms with Crippen LogP contribution in [0.1, 0.15) is 12.1 Å². The molecule has 0 spiro atoms. The number of hydrogen-bond acceptors (Lipinski definition) is 4. The first kappa shape index (κ1) is 11.8. The van der Waals surface area contributed by atoms with Crippen LogP contribution in [0.3, 0.4) is 0 Å². The van der Waals surface area contributed by atoms with Crippen LogP contribution in [0, 0.1) is 0 Å². The highest BCUT2D eigenvalue weighted by molar-refractivity contribution is 9.13. The van der Waals surface area contributed by atoms with E-state index in [0.717, 1.165) is 26.6 Å². The Balaban J connectivity index is 2.64. The van der Waals surface area contributed by atoms with Gasteiger partial charge in [-0.25, -0.2) is 9.50 Å². The van der Waals surface area contributed by atoms with Gasteiger partial charge in [0.1, 0.15) is 11.8 Å². The van der Waals surface area contributed by atoms with E-state index < -0.39 is 0 Å². The normalized spacial score (nSPS) is 11.2. The number of aliphatic hydroxyl groups is 1. The molecule has 0 aliphatic carbocycles. The van der Waals surface area contributed by atoms with Crippen LogP contribution in [0.4, 0.5) is 5.82 Å². The minimum Gasteiger partial charge on any atom is -0.396 e. The molecule has 0 bridgehead atoms. The molecule has 0 amide bonds. The Kier molecular flexibility index (Phi) is 3.46. The molecule has 0 saturated heterocycles. The van der Waals surface area contributed by atoms with Gasteiger partial charge >= 0.3 is 0 Å². The number of hydrogen-bond donors (Lipinski definition) is 2. The van der Waals surface area contributed by atoms with Gasteiger partial charge < -0.3 is 10.8 Å². The number of nitrogen functional groups attached to an aromatic ring is 1. The van der Waals surface area contributed by atoms with Gasteiger partial charge in [-0.05, 0) is 44.7 Å². The van der Waals surface area contributed by atoms with E-state index in [1.54, 1.807) is 4.52 Å². The number of aromatic nitrogens is 3. The summed E-state index contributed by atoms with van der Waals surface area (Å²) in [7, 11) is 0. The molecule has 0 fully saturated rings. The second kappa shape index (κ2) is 4.68. The van der Waals surface area contributed by atoms with Gasteiger partial charge in [0.15, 0.2) is 5.82 Å². The van der Waals surface area contributed by atoms with Gasteiger partial charge in [0.05, 0.1) is 14.6 Å². The van der Waals surface area contributed by atoms with Crippen molar-refractivity contribution in [1.29, 1.82) is 0 Å². The molecule has 0 radical (unpaired) electrons. The number of nitrogens with two attached hydrogens (primary N) is 1. The molecule has 0 atom stereocenters. The molecule has 0 aliphatic rings. The van der Waals surface area contributed by atoms with Gasteiger partial charge in [0, 0.05) is 6.61 Å². The molecule has 0 saturated carbocycles. The topological polar surface area (TPSA) is 76.4 Å². The van der Waals surface area contributed by atoms with Gasteiger partial charge in [0.2, 0.25) is 0 Å². The third-order valence-corrected chi connectivity index (χ3v) is 4.46. The average molecular weight is 350 g/mol. The van der Waals surface area contributed by atoms with Gasteiger partial charge in [-0.15, -0.1) is 0 Å². The third-order valence-electron chi connectivity index (χ3n) is 2.30. The molecule has 0 unspecified atom stereocenters. The van der Waals surface area contributed by atoms with Crippen LogP contribution in [0.2, 0.25) is 0 Å². The second-order valence-electron chi connectivity index (χ2n) is 3.31. The van der Waals surface area contributed by atoms with E-state index in [4.69, 9.17) is 10.8 Å². The predicted molar refractivity (Wildman–Crippen MR) is 68.2 cm³/mol. The van der Waals surface area contributed by atoms with Crippen LogP contribution in [-0.2, 0) is 6.42 Å². The Morgan fingerprint density at radius 3 is 2.81 bits per heavy atom. The fourth-order valence-corrected chi connectivity index (χ4v) is 2.72.